The third kappa shape index (κ3) is 4.80. The highest BCUT2D eigenvalue weighted by Gasteiger charge is 2.33. The predicted molar refractivity (Wildman–Crippen MR) is 87.2 cm³/mol. The Morgan fingerprint density at radius 2 is 2.05 bits per heavy atom. The average molecular weight is 292 g/mol. The Kier molecular flexibility index (Phi) is 6.22. The molecular formula is C17H32N4. The highest BCUT2D eigenvalue weighted by Crippen LogP contribution is 2.38. The summed E-state index contributed by atoms with van der Waals surface area (Å²) in [7, 11) is 0. The van der Waals surface area contributed by atoms with Crippen LogP contribution in [0.15, 0.2) is 6.33 Å². The molecule has 0 atom stereocenters. The molecule has 2 rings (SSSR count). The highest BCUT2D eigenvalue weighted by atomic mass is 15.3. The van der Waals surface area contributed by atoms with Gasteiger partial charge in [0.1, 0.15) is 12.2 Å². The molecule has 1 fully saturated rings. The minimum absolute atomic E-state index is 0.398. The third-order valence-electron chi connectivity index (χ3n) is 4.61. The summed E-state index contributed by atoms with van der Waals surface area (Å²) < 4.78 is 2.13. The van der Waals surface area contributed by atoms with Crippen molar-refractivity contribution in [3.8, 4) is 0 Å². The van der Waals surface area contributed by atoms with E-state index in [1.165, 1.54) is 44.3 Å². The molecule has 0 saturated heterocycles. The molecule has 1 saturated carbocycles. The molecule has 0 bridgehead atoms. The van der Waals surface area contributed by atoms with Crippen LogP contribution in [0, 0.1) is 11.3 Å². The zero-order valence-corrected chi connectivity index (χ0v) is 14.1. The number of nitrogens with one attached hydrogen (secondary N) is 1. The summed E-state index contributed by atoms with van der Waals surface area (Å²) in [6.45, 7) is 9.96. The van der Waals surface area contributed by atoms with Crippen molar-refractivity contribution in [1.82, 2.24) is 20.1 Å². The largest absolute Gasteiger partial charge is 0.316 e. The second-order valence-electron chi connectivity index (χ2n) is 7.17. The van der Waals surface area contributed by atoms with Gasteiger partial charge in [0.05, 0.1) is 0 Å². The molecule has 0 unspecified atom stereocenters. The van der Waals surface area contributed by atoms with Gasteiger partial charge in [-0.3, -0.25) is 0 Å². The van der Waals surface area contributed by atoms with E-state index in [1.54, 1.807) is 6.33 Å². The van der Waals surface area contributed by atoms with Crippen LogP contribution >= 0.6 is 0 Å². The molecule has 1 N–H and O–H groups in total. The van der Waals surface area contributed by atoms with Gasteiger partial charge in [-0.2, -0.15) is 5.10 Å². The second-order valence-corrected chi connectivity index (χ2v) is 7.17. The molecule has 0 spiro atoms. The van der Waals surface area contributed by atoms with E-state index >= 15 is 0 Å². The summed E-state index contributed by atoms with van der Waals surface area (Å²) in [5.74, 6) is 1.80. The number of hydrogen-bond acceptors (Lipinski definition) is 3. The summed E-state index contributed by atoms with van der Waals surface area (Å²) in [6.07, 6.45) is 10.8. The fourth-order valence-corrected chi connectivity index (χ4v) is 3.51. The topological polar surface area (TPSA) is 42.7 Å². The van der Waals surface area contributed by atoms with Gasteiger partial charge >= 0.3 is 0 Å². The number of aromatic nitrogens is 3. The highest BCUT2D eigenvalue weighted by molar-refractivity contribution is 4.97. The van der Waals surface area contributed by atoms with Crippen molar-refractivity contribution in [1.29, 1.82) is 0 Å². The zero-order chi connectivity index (χ0) is 15.1. The molecule has 1 aromatic heterocycles. The smallest absolute Gasteiger partial charge is 0.138 e. The fraction of sp³-hybridized carbons (Fsp3) is 0.882. The lowest BCUT2D eigenvalue weighted by Crippen LogP contribution is -2.39. The van der Waals surface area contributed by atoms with E-state index in [9.17, 15) is 0 Å². The van der Waals surface area contributed by atoms with Crippen LogP contribution in [0.5, 0.6) is 0 Å². The van der Waals surface area contributed by atoms with Gasteiger partial charge in [-0.25, -0.2) is 9.67 Å². The standard InChI is InChI=1S/C17H32N4/c1-4-10-18-13-17(8-6-5-7-9-17)11-16-19-14-20-21(16)12-15(2)3/h14-15,18H,4-13H2,1-3H3. The Morgan fingerprint density at radius 3 is 2.71 bits per heavy atom. The van der Waals surface area contributed by atoms with E-state index in [1.807, 2.05) is 0 Å². The van der Waals surface area contributed by atoms with Gasteiger partial charge < -0.3 is 5.32 Å². The number of nitrogens with zero attached hydrogens (tertiary/aromatic N) is 3. The zero-order valence-electron chi connectivity index (χ0n) is 14.1. The monoisotopic (exact) mass is 292 g/mol. The lowest BCUT2D eigenvalue weighted by Gasteiger charge is -2.37. The molecule has 0 aliphatic heterocycles. The molecule has 1 aliphatic carbocycles. The molecule has 0 amide bonds. The van der Waals surface area contributed by atoms with Crippen molar-refractivity contribution in [3.63, 3.8) is 0 Å². The van der Waals surface area contributed by atoms with Crippen molar-refractivity contribution >= 4 is 0 Å². The minimum atomic E-state index is 0.398. The SMILES string of the molecule is CCCNCC1(Cc2ncnn2CC(C)C)CCCCC1. The van der Waals surface area contributed by atoms with Crippen LogP contribution in [0.1, 0.15) is 65.1 Å². The summed E-state index contributed by atoms with van der Waals surface area (Å²) in [4.78, 5) is 4.56. The first kappa shape index (κ1) is 16.5. The molecule has 0 radical (unpaired) electrons. The lowest BCUT2D eigenvalue weighted by molar-refractivity contribution is 0.174. The molecular weight excluding hydrogens is 260 g/mol. The summed E-state index contributed by atoms with van der Waals surface area (Å²) >= 11 is 0. The molecule has 0 aromatic carbocycles. The van der Waals surface area contributed by atoms with Gasteiger partial charge in [0.25, 0.3) is 0 Å². The maximum absolute atomic E-state index is 4.56. The molecule has 120 valence electrons. The summed E-state index contributed by atoms with van der Waals surface area (Å²) in [5.41, 5.74) is 0.398. The van der Waals surface area contributed by atoms with E-state index in [4.69, 9.17) is 0 Å². The van der Waals surface area contributed by atoms with Crippen molar-refractivity contribution in [2.75, 3.05) is 13.1 Å². The van der Waals surface area contributed by atoms with Gasteiger partial charge in [-0.15, -0.1) is 0 Å². The van der Waals surface area contributed by atoms with Gasteiger partial charge in [-0.05, 0) is 37.1 Å². The molecule has 1 aromatic rings. The Labute approximate surface area is 129 Å². The van der Waals surface area contributed by atoms with Gasteiger partial charge in [0.15, 0.2) is 0 Å². The summed E-state index contributed by atoms with van der Waals surface area (Å²) in [6, 6.07) is 0. The second kappa shape index (κ2) is 7.92. The third-order valence-corrected chi connectivity index (χ3v) is 4.61. The van der Waals surface area contributed by atoms with Crippen molar-refractivity contribution in [2.45, 2.75) is 72.3 Å². The van der Waals surface area contributed by atoms with Crippen molar-refractivity contribution in [3.05, 3.63) is 12.2 Å². The van der Waals surface area contributed by atoms with E-state index in [0.29, 0.717) is 11.3 Å². The van der Waals surface area contributed by atoms with Crippen molar-refractivity contribution < 1.29 is 0 Å². The summed E-state index contributed by atoms with van der Waals surface area (Å²) in [5, 5.41) is 8.10. The number of rotatable bonds is 8. The Balaban J connectivity index is 2.05. The van der Waals surface area contributed by atoms with Crippen LogP contribution in [0.4, 0.5) is 0 Å². The van der Waals surface area contributed by atoms with Crippen LogP contribution in [0.3, 0.4) is 0 Å². The maximum atomic E-state index is 4.56. The normalized spacial score (nSPS) is 18.3. The minimum Gasteiger partial charge on any atom is -0.316 e. The molecule has 1 heterocycles. The molecule has 21 heavy (non-hydrogen) atoms. The first-order valence-electron chi connectivity index (χ1n) is 8.72. The maximum Gasteiger partial charge on any atom is 0.138 e. The van der Waals surface area contributed by atoms with Crippen LogP contribution < -0.4 is 5.32 Å². The van der Waals surface area contributed by atoms with Crippen LogP contribution in [-0.4, -0.2) is 27.9 Å². The van der Waals surface area contributed by atoms with Gasteiger partial charge in [0, 0.05) is 19.5 Å². The fourth-order valence-electron chi connectivity index (χ4n) is 3.51. The number of hydrogen-bond donors (Lipinski definition) is 1. The van der Waals surface area contributed by atoms with Crippen molar-refractivity contribution in [2.24, 2.45) is 11.3 Å². The van der Waals surface area contributed by atoms with E-state index in [2.05, 4.69) is 40.9 Å². The average Bonchev–Trinajstić information content (AvgIpc) is 2.86. The quantitative estimate of drug-likeness (QED) is 0.747. The van der Waals surface area contributed by atoms with E-state index in [0.717, 1.165) is 26.1 Å². The van der Waals surface area contributed by atoms with Gasteiger partial charge in [0.2, 0.25) is 0 Å². The van der Waals surface area contributed by atoms with E-state index < -0.39 is 0 Å². The van der Waals surface area contributed by atoms with Gasteiger partial charge in [-0.1, -0.05) is 40.0 Å². The molecule has 4 heteroatoms. The molecule has 4 nitrogen and oxygen atoms in total. The van der Waals surface area contributed by atoms with Crippen LogP contribution in [0.2, 0.25) is 0 Å². The lowest BCUT2D eigenvalue weighted by atomic mass is 9.71. The van der Waals surface area contributed by atoms with E-state index in [-0.39, 0.29) is 0 Å². The first-order chi connectivity index (χ1) is 10.2. The Bertz CT molecular complexity index is 405. The van der Waals surface area contributed by atoms with Crippen LogP contribution in [-0.2, 0) is 13.0 Å². The Morgan fingerprint density at radius 1 is 1.29 bits per heavy atom. The predicted octanol–water partition coefficient (Wildman–Crippen LogP) is 3.43. The molecule has 1 aliphatic rings. The Hall–Kier alpha value is -0.900. The van der Waals surface area contributed by atoms with Crippen LogP contribution in [0.25, 0.3) is 0 Å². The first-order valence-corrected chi connectivity index (χ1v) is 8.72.